The van der Waals surface area contributed by atoms with E-state index in [4.69, 9.17) is 11.6 Å². The number of anilines is 1. The molecule has 1 heterocycles. The molecule has 2 atom stereocenters. The van der Waals surface area contributed by atoms with Crippen LogP contribution >= 0.6 is 11.6 Å². The molecule has 3 heteroatoms. The number of halogens is 1. The van der Waals surface area contributed by atoms with Gasteiger partial charge in [0.15, 0.2) is 0 Å². The van der Waals surface area contributed by atoms with Crippen LogP contribution in [0.4, 0.5) is 5.69 Å². The average Bonchev–Trinajstić information content (AvgIpc) is 2.91. The van der Waals surface area contributed by atoms with Crippen LogP contribution in [0.25, 0.3) is 0 Å². The standard InChI is InChI=1S/C20H22ClNO/c1-3-14-7-5-10-18(11-14)22-13-15(4-2)19(20(22)23)16-8-6-9-17(21)12-16/h5-12,15,19H,3-4,13H2,1-2H3/t15-,19-/m1/s1. The van der Waals surface area contributed by atoms with Gasteiger partial charge in [0.05, 0.1) is 5.92 Å². The van der Waals surface area contributed by atoms with Gasteiger partial charge in [0, 0.05) is 17.3 Å². The lowest BCUT2D eigenvalue weighted by atomic mass is 9.87. The summed E-state index contributed by atoms with van der Waals surface area (Å²) in [5.74, 6) is 0.419. The molecule has 2 nitrogen and oxygen atoms in total. The van der Waals surface area contributed by atoms with Gasteiger partial charge in [0.1, 0.15) is 0 Å². The van der Waals surface area contributed by atoms with Crippen LogP contribution in [0.2, 0.25) is 5.02 Å². The van der Waals surface area contributed by atoms with Gasteiger partial charge in [0.25, 0.3) is 0 Å². The highest BCUT2D eigenvalue weighted by Crippen LogP contribution is 2.39. The largest absolute Gasteiger partial charge is 0.312 e. The first-order valence-corrected chi connectivity index (χ1v) is 8.67. The van der Waals surface area contributed by atoms with Gasteiger partial charge in [-0.1, -0.05) is 56.1 Å². The van der Waals surface area contributed by atoms with Crippen molar-refractivity contribution < 1.29 is 4.79 Å². The summed E-state index contributed by atoms with van der Waals surface area (Å²) in [6.45, 7) is 5.07. The molecule has 1 aliphatic heterocycles. The minimum absolute atomic E-state index is 0.0935. The lowest BCUT2D eigenvalue weighted by Crippen LogP contribution is -2.26. The fourth-order valence-corrected chi connectivity index (χ4v) is 3.65. The highest BCUT2D eigenvalue weighted by Gasteiger charge is 2.40. The van der Waals surface area contributed by atoms with Gasteiger partial charge in [-0.2, -0.15) is 0 Å². The van der Waals surface area contributed by atoms with E-state index in [9.17, 15) is 4.79 Å². The molecule has 23 heavy (non-hydrogen) atoms. The van der Waals surface area contributed by atoms with Crippen molar-refractivity contribution in [2.45, 2.75) is 32.6 Å². The Bertz CT molecular complexity index is 712. The minimum atomic E-state index is -0.0935. The number of nitrogens with zero attached hydrogens (tertiary/aromatic N) is 1. The van der Waals surface area contributed by atoms with Gasteiger partial charge in [0.2, 0.25) is 5.91 Å². The van der Waals surface area contributed by atoms with Crippen LogP contribution in [0.3, 0.4) is 0 Å². The molecule has 0 saturated carbocycles. The van der Waals surface area contributed by atoms with Crippen LogP contribution in [0.5, 0.6) is 0 Å². The first kappa shape index (κ1) is 16.1. The van der Waals surface area contributed by atoms with Crippen LogP contribution in [0.1, 0.15) is 37.3 Å². The Labute approximate surface area is 143 Å². The fraction of sp³-hybridized carbons (Fsp3) is 0.350. The molecule has 120 valence electrons. The maximum Gasteiger partial charge on any atom is 0.234 e. The lowest BCUT2D eigenvalue weighted by molar-refractivity contribution is -0.118. The molecule has 0 radical (unpaired) electrons. The summed E-state index contributed by atoms with van der Waals surface area (Å²) >= 11 is 6.13. The molecule has 1 aliphatic rings. The quantitative estimate of drug-likeness (QED) is 0.768. The SMILES string of the molecule is CCc1cccc(N2C[C@@H](CC)[C@H](c3cccc(Cl)c3)C2=O)c1. The summed E-state index contributed by atoms with van der Waals surface area (Å²) in [7, 11) is 0. The number of carbonyl (C=O) groups excluding carboxylic acids is 1. The van der Waals surface area contributed by atoms with Crippen molar-refractivity contribution in [3.63, 3.8) is 0 Å². The van der Waals surface area contributed by atoms with Crippen LogP contribution in [0.15, 0.2) is 48.5 Å². The number of hydrogen-bond acceptors (Lipinski definition) is 1. The Morgan fingerprint density at radius 3 is 2.61 bits per heavy atom. The predicted molar refractivity (Wildman–Crippen MR) is 96.1 cm³/mol. The zero-order valence-corrected chi connectivity index (χ0v) is 14.4. The Hall–Kier alpha value is -1.80. The Balaban J connectivity index is 1.95. The van der Waals surface area contributed by atoms with Gasteiger partial charge in [-0.05, 0) is 47.7 Å². The zero-order valence-electron chi connectivity index (χ0n) is 13.6. The van der Waals surface area contributed by atoms with Gasteiger partial charge in [-0.3, -0.25) is 4.79 Å². The highest BCUT2D eigenvalue weighted by atomic mass is 35.5. The van der Waals surface area contributed by atoms with Crippen molar-refractivity contribution in [2.24, 2.45) is 5.92 Å². The lowest BCUT2D eigenvalue weighted by Gasteiger charge is -2.18. The maximum atomic E-state index is 13.1. The average molecular weight is 328 g/mol. The minimum Gasteiger partial charge on any atom is -0.312 e. The van der Waals surface area contributed by atoms with E-state index in [1.807, 2.05) is 41.3 Å². The van der Waals surface area contributed by atoms with E-state index in [1.54, 1.807) is 0 Å². The van der Waals surface area contributed by atoms with Crippen molar-refractivity contribution in [2.75, 3.05) is 11.4 Å². The van der Waals surface area contributed by atoms with E-state index in [0.29, 0.717) is 10.9 Å². The third-order valence-electron chi connectivity index (χ3n) is 4.78. The monoisotopic (exact) mass is 327 g/mol. The third-order valence-corrected chi connectivity index (χ3v) is 5.02. The van der Waals surface area contributed by atoms with Crippen molar-refractivity contribution in [1.82, 2.24) is 0 Å². The Morgan fingerprint density at radius 1 is 1.13 bits per heavy atom. The highest BCUT2D eigenvalue weighted by molar-refractivity contribution is 6.30. The number of benzene rings is 2. The topological polar surface area (TPSA) is 20.3 Å². The van der Waals surface area contributed by atoms with Crippen molar-refractivity contribution in [3.05, 3.63) is 64.7 Å². The molecule has 1 fully saturated rings. The van der Waals surface area contributed by atoms with Crippen molar-refractivity contribution >= 4 is 23.2 Å². The molecule has 1 saturated heterocycles. The molecular formula is C20H22ClNO. The van der Waals surface area contributed by atoms with Crippen molar-refractivity contribution in [1.29, 1.82) is 0 Å². The van der Waals surface area contributed by atoms with E-state index in [1.165, 1.54) is 5.56 Å². The van der Waals surface area contributed by atoms with Crippen LogP contribution < -0.4 is 4.90 Å². The molecule has 0 bridgehead atoms. The molecule has 0 spiro atoms. The smallest absolute Gasteiger partial charge is 0.234 e. The molecule has 2 aromatic carbocycles. The van der Waals surface area contributed by atoms with Gasteiger partial charge in [-0.15, -0.1) is 0 Å². The van der Waals surface area contributed by atoms with Gasteiger partial charge >= 0.3 is 0 Å². The van der Waals surface area contributed by atoms with E-state index >= 15 is 0 Å². The van der Waals surface area contributed by atoms with Crippen LogP contribution in [0, 0.1) is 5.92 Å². The normalized spacial score (nSPS) is 21.0. The van der Waals surface area contributed by atoms with Gasteiger partial charge in [-0.25, -0.2) is 0 Å². The summed E-state index contributed by atoms with van der Waals surface area (Å²) < 4.78 is 0. The Morgan fingerprint density at radius 2 is 1.91 bits per heavy atom. The predicted octanol–water partition coefficient (Wildman–Crippen LogP) is 5.06. The maximum absolute atomic E-state index is 13.1. The summed E-state index contributed by atoms with van der Waals surface area (Å²) in [4.78, 5) is 15.0. The molecule has 2 aromatic rings. The molecular weight excluding hydrogens is 306 g/mol. The second kappa shape index (κ2) is 6.76. The van der Waals surface area contributed by atoms with E-state index in [2.05, 4.69) is 26.0 Å². The molecule has 0 aromatic heterocycles. The van der Waals surface area contributed by atoms with Gasteiger partial charge < -0.3 is 4.90 Å². The first-order valence-electron chi connectivity index (χ1n) is 8.29. The zero-order chi connectivity index (χ0) is 16.4. The second-order valence-electron chi connectivity index (χ2n) is 6.17. The number of aryl methyl sites for hydroxylation is 1. The second-order valence-corrected chi connectivity index (χ2v) is 6.61. The van der Waals surface area contributed by atoms with E-state index in [0.717, 1.165) is 30.6 Å². The summed E-state index contributed by atoms with van der Waals surface area (Å²) in [6, 6.07) is 16.0. The molecule has 3 rings (SSSR count). The summed E-state index contributed by atoms with van der Waals surface area (Å²) in [5, 5.41) is 0.691. The summed E-state index contributed by atoms with van der Waals surface area (Å²) in [5.41, 5.74) is 3.30. The van der Waals surface area contributed by atoms with Crippen LogP contribution in [-0.4, -0.2) is 12.5 Å². The first-order chi connectivity index (χ1) is 11.1. The third kappa shape index (κ3) is 3.13. The van der Waals surface area contributed by atoms with Crippen LogP contribution in [-0.2, 0) is 11.2 Å². The number of rotatable bonds is 4. The number of hydrogen-bond donors (Lipinski definition) is 0. The summed E-state index contributed by atoms with van der Waals surface area (Å²) in [6.07, 6.45) is 1.96. The molecule has 0 N–H and O–H groups in total. The number of carbonyl (C=O) groups is 1. The fourth-order valence-electron chi connectivity index (χ4n) is 3.46. The molecule has 0 unspecified atom stereocenters. The Kier molecular flexibility index (Phi) is 4.72. The van der Waals surface area contributed by atoms with Crippen molar-refractivity contribution in [3.8, 4) is 0 Å². The molecule has 0 aliphatic carbocycles. The molecule has 1 amide bonds. The number of amides is 1. The van der Waals surface area contributed by atoms with E-state index < -0.39 is 0 Å². The van der Waals surface area contributed by atoms with E-state index in [-0.39, 0.29) is 11.8 Å².